The number of rotatable bonds is 5. The van der Waals surface area contributed by atoms with E-state index >= 15 is 0 Å². The largest absolute Gasteiger partial charge is 0.284 e. The van der Waals surface area contributed by atoms with Crippen LogP contribution in [0.2, 0.25) is 0 Å². The molecule has 0 unspecified atom stereocenters. The smallest absolute Gasteiger partial charge is 0.263 e. The average Bonchev–Trinajstić information content (AvgIpc) is 3.10. The van der Waals surface area contributed by atoms with Crippen molar-refractivity contribution in [2.45, 2.75) is 20.3 Å². The maximum absolute atomic E-state index is 14.0. The Morgan fingerprint density at radius 1 is 1.16 bits per heavy atom. The number of anilines is 1. The summed E-state index contributed by atoms with van der Waals surface area (Å²) in [4.78, 5) is 19.0. The van der Waals surface area contributed by atoms with Gasteiger partial charge in [0.15, 0.2) is 5.13 Å². The molecule has 0 saturated carbocycles. The van der Waals surface area contributed by atoms with Crippen LogP contribution in [0.5, 0.6) is 0 Å². The van der Waals surface area contributed by atoms with Gasteiger partial charge in [-0.05, 0) is 25.5 Å². The highest BCUT2D eigenvalue weighted by molar-refractivity contribution is 7.14. The van der Waals surface area contributed by atoms with E-state index in [0.717, 1.165) is 17.7 Å². The minimum Gasteiger partial charge on any atom is -0.284 e. The third kappa shape index (κ3) is 3.77. The van der Waals surface area contributed by atoms with Gasteiger partial charge in [-0.15, -0.1) is 11.3 Å². The van der Waals surface area contributed by atoms with Crippen molar-refractivity contribution in [1.82, 2.24) is 4.98 Å². The predicted octanol–water partition coefficient (Wildman–Crippen LogP) is 5.31. The lowest BCUT2D eigenvalue weighted by atomic mass is 10.1. The molecule has 1 amide bonds. The first-order valence-corrected chi connectivity index (χ1v) is 9.07. The number of hydrogen-bond donors (Lipinski definition) is 0. The standard InChI is InChI=1S/C20H19FN2OS/c1-3-12-23(19(24)16-6-4-5-7-17(16)21)20-22-18(13-25-20)15-10-8-14(2)9-11-15/h4-11,13H,3,12H2,1-2H3. The molecule has 0 bridgehead atoms. The van der Waals surface area contributed by atoms with Gasteiger partial charge in [0.05, 0.1) is 11.3 Å². The van der Waals surface area contributed by atoms with Crippen LogP contribution in [0.4, 0.5) is 9.52 Å². The van der Waals surface area contributed by atoms with Crippen LogP contribution in [0.1, 0.15) is 29.3 Å². The Hall–Kier alpha value is -2.53. The molecule has 128 valence electrons. The number of carbonyl (C=O) groups excluding carboxylic acids is 1. The minimum atomic E-state index is -0.510. The van der Waals surface area contributed by atoms with Crippen LogP contribution in [0.3, 0.4) is 0 Å². The molecule has 0 atom stereocenters. The zero-order valence-electron chi connectivity index (χ0n) is 14.2. The van der Waals surface area contributed by atoms with Gasteiger partial charge in [0.1, 0.15) is 5.82 Å². The van der Waals surface area contributed by atoms with Gasteiger partial charge in [-0.1, -0.05) is 48.9 Å². The van der Waals surface area contributed by atoms with E-state index in [1.807, 2.05) is 43.5 Å². The topological polar surface area (TPSA) is 33.2 Å². The summed E-state index contributed by atoms with van der Waals surface area (Å²) in [5.74, 6) is -0.867. The van der Waals surface area contributed by atoms with Crippen molar-refractivity contribution in [3.05, 3.63) is 70.9 Å². The fraction of sp³-hybridized carbons (Fsp3) is 0.200. The van der Waals surface area contributed by atoms with Crippen molar-refractivity contribution in [3.8, 4) is 11.3 Å². The van der Waals surface area contributed by atoms with E-state index in [0.29, 0.717) is 11.7 Å². The summed E-state index contributed by atoms with van der Waals surface area (Å²) in [6.45, 7) is 4.51. The molecule has 0 aliphatic rings. The molecular formula is C20H19FN2OS. The summed E-state index contributed by atoms with van der Waals surface area (Å²) in [5.41, 5.74) is 3.08. The van der Waals surface area contributed by atoms with Crippen LogP contribution in [-0.2, 0) is 0 Å². The normalized spacial score (nSPS) is 10.7. The monoisotopic (exact) mass is 354 g/mol. The molecule has 0 spiro atoms. The molecule has 0 fully saturated rings. The third-order valence-corrected chi connectivity index (χ3v) is 4.73. The van der Waals surface area contributed by atoms with Crippen LogP contribution >= 0.6 is 11.3 Å². The number of aromatic nitrogens is 1. The fourth-order valence-electron chi connectivity index (χ4n) is 2.53. The zero-order chi connectivity index (χ0) is 17.8. The average molecular weight is 354 g/mol. The van der Waals surface area contributed by atoms with E-state index in [4.69, 9.17) is 0 Å². The molecule has 5 heteroatoms. The molecule has 0 aliphatic carbocycles. The number of nitrogens with zero attached hydrogens (tertiary/aromatic N) is 2. The van der Waals surface area contributed by atoms with Crippen LogP contribution in [-0.4, -0.2) is 17.4 Å². The lowest BCUT2D eigenvalue weighted by molar-refractivity contribution is 0.0983. The second-order valence-electron chi connectivity index (χ2n) is 5.82. The van der Waals surface area contributed by atoms with Crippen molar-refractivity contribution in [1.29, 1.82) is 0 Å². The fourth-order valence-corrected chi connectivity index (χ4v) is 3.39. The van der Waals surface area contributed by atoms with Gasteiger partial charge in [-0.2, -0.15) is 0 Å². The van der Waals surface area contributed by atoms with Crippen molar-refractivity contribution in [2.75, 3.05) is 11.4 Å². The molecule has 0 aliphatic heterocycles. The second kappa shape index (κ2) is 7.57. The van der Waals surface area contributed by atoms with Crippen LogP contribution in [0, 0.1) is 12.7 Å². The molecule has 3 nitrogen and oxygen atoms in total. The Morgan fingerprint density at radius 3 is 2.56 bits per heavy atom. The maximum atomic E-state index is 14.0. The van der Waals surface area contributed by atoms with Gasteiger partial charge in [-0.25, -0.2) is 9.37 Å². The number of amides is 1. The van der Waals surface area contributed by atoms with E-state index in [1.54, 1.807) is 17.0 Å². The van der Waals surface area contributed by atoms with E-state index in [1.165, 1.54) is 29.0 Å². The summed E-state index contributed by atoms with van der Waals surface area (Å²) in [6, 6.07) is 14.1. The first kappa shape index (κ1) is 17.3. The molecule has 0 saturated heterocycles. The highest BCUT2D eigenvalue weighted by atomic mass is 32.1. The summed E-state index contributed by atoms with van der Waals surface area (Å²) in [5, 5.41) is 2.52. The van der Waals surface area contributed by atoms with Gasteiger partial charge in [-0.3, -0.25) is 9.69 Å². The van der Waals surface area contributed by atoms with E-state index in [2.05, 4.69) is 4.98 Å². The van der Waals surface area contributed by atoms with E-state index in [9.17, 15) is 9.18 Å². The van der Waals surface area contributed by atoms with Crippen molar-refractivity contribution >= 4 is 22.4 Å². The summed E-state index contributed by atoms with van der Waals surface area (Å²) in [6.07, 6.45) is 0.764. The second-order valence-corrected chi connectivity index (χ2v) is 6.65. The Kier molecular flexibility index (Phi) is 5.24. The van der Waals surface area contributed by atoms with Crippen LogP contribution < -0.4 is 4.90 Å². The number of carbonyl (C=O) groups is 1. The van der Waals surface area contributed by atoms with E-state index in [-0.39, 0.29) is 11.5 Å². The molecule has 1 aromatic heterocycles. The SMILES string of the molecule is CCCN(C(=O)c1ccccc1F)c1nc(-c2ccc(C)cc2)cs1. The predicted molar refractivity (Wildman–Crippen MR) is 101 cm³/mol. The molecule has 25 heavy (non-hydrogen) atoms. The van der Waals surface area contributed by atoms with Crippen molar-refractivity contribution < 1.29 is 9.18 Å². The lowest BCUT2D eigenvalue weighted by Crippen LogP contribution is -2.32. The van der Waals surface area contributed by atoms with Gasteiger partial charge >= 0.3 is 0 Å². The molecule has 2 aromatic carbocycles. The highest BCUT2D eigenvalue weighted by Gasteiger charge is 2.22. The molecule has 1 heterocycles. The van der Waals surface area contributed by atoms with Crippen molar-refractivity contribution in [2.24, 2.45) is 0 Å². The van der Waals surface area contributed by atoms with Gasteiger partial charge in [0, 0.05) is 17.5 Å². The Bertz CT molecular complexity index is 873. The number of aryl methyl sites for hydroxylation is 1. The van der Waals surface area contributed by atoms with Crippen LogP contribution in [0.15, 0.2) is 53.9 Å². The quantitative estimate of drug-likeness (QED) is 0.622. The highest BCUT2D eigenvalue weighted by Crippen LogP contribution is 2.29. The number of hydrogen-bond acceptors (Lipinski definition) is 3. The number of thiazole rings is 1. The molecular weight excluding hydrogens is 335 g/mol. The molecule has 0 N–H and O–H groups in total. The lowest BCUT2D eigenvalue weighted by Gasteiger charge is -2.19. The van der Waals surface area contributed by atoms with Crippen LogP contribution in [0.25, 0.3) is 11.3 Å². The molecule has 3 rings (SSSR count). The Balaban J connectivity index is 1.92. The zero-order valence-corrected chi connectivity index (χ0v) is 15.0. The maximum Gasteiger partial charge on any atom is 0.263 e. The van der Waals surface area contributed by atoms with Gasteiger partial charge in [0.25, 0.3) is 5.91 Å². The van der Waals surface area contributed by atoms with E-state index < -0.39 is 5.82 Å². The Morgan fingerprint density at radius 2 is 1.88 bits per heavy atom. The summed E-state index contributed by atoms with van der Waals surface area (Å²) >= 11 is 1.40. The molecule has 3 aromatic rings. The van der Waals surface area contributed by atoms with Crippen molar-refractivity contribution in [3.63, 3.8) is 0 Å². The summed E-state index contributed by atoms with van der Waals surface area (Å²) in [7, 11) is 0. The molecule has 0 radical (unpaired) electrons. The third-order valence-electron chi connectivity index (χ3n) is 3.87. The Labute approximate surface area is 150 Å². The number of benzene rings is 2. The minimum absolute atomic E-state index is 0.0723. The summed E-state index contributed by atoms with van der Waals surface area (Å²) < 4.78 is 14.0. The first-order chi connectivity index (χ1) is 12.1. The van der Waals surface area contributed by atoms with Gasteiger partial charge in [0.2, 0.25) is 0 Å². The first-order valence-electron chi connectivity index (χ1n) is 8.19. The van der Waals surface area contributed by atoms with Gasteiger partial charge < -0.3 is 0 Å². The number of halogens is 1.